The first kappa shape index (κ1) is 21.9. The van der Waals surface area contributed by atoms with E-state index < -0.39 is 10.8 Å². The van der Waals surface area contributed by atoms with Crippen molar-refractivity contribution in [1.29, 1.82) is 0 Å². The highest BCUT2D eigenvalue weighted by molar-refractivity contribution is 7.84. The molecule has 1 aromatic carbocycles. The average Bonchev–Trinajstić information content (AvgIpc) is 2.69. The van der Waals surface area contributed by atoms with Gasteiger partial charge in [0, 0.05) is 48.5 Å². The summed E-state index contributed by atoms with van der Waals surface area (Å²) in [5, 5.41) is 6.53. The normalized spacial score (nSPS) is 16.9. The van der Waals surface area contributed by atoms with Gasteiger partial charge < -0.3 is 15.4 Å². The standard InChI is InChI=1S/C21H35N3O2S/c1-2-22-21(23-14-9-16-26-20-12-7-4-8-13-20)24-15-17-27(25)18-19-10-5-3-6-11-19/h3,5-6,10-11,20H,2,4,7-9,12-18H2,1H3,(H2,22,23,24). The predicted octanol–water partition coefficient (Wildman–Crippen LogP) is 3.23. The fourth-order valence-corrected chi connectivity index (χ4v) is 4.23. The van der Waals surface area contributed by atoms with Crippen LogP contribution in [0.1, 0.15) is 51.0 Å². The Morgan fingerprint density at radius 2 is 1.96 bits per heavy atom. The van der Waals surface area contributed by atoms with Crippen LogP contribution in [0.15, 0.2) is 35.3 Å². The SMILES string of the molecule is CCNC(=NCCCOC1CCCCC1)NCCS(=O)Cc1ccccc1. The Morgan fingerprint density at radius 3 is 2.70 bits per heavy atom. The third kappa shape index (κ3) is 9.91. The number of hydrogen-bond donors (Lipinski definition) is 2. The fraction of sp³-hybridized carbons (Fsp3) is 0.667. The highest BCUT2D eigenvalue weighted by atomic mass is 32.2. The molecule has 0 aromatic heterocycles. The molecule has 1 saturated carbocycles. The Balaban J connectivity index is 1.60. The Kier molecular flexibility index (Phi) is 11.1. The van der Waals surface area contributed by atoms with E-state index in [-0.39, 0.29) is 0 Å². The molecule has 0 aliphatic heterocycles. The Hall–Kier alpha value is -1.40. The van der Waals surface area contributed by atoms with Gasteiger partial charge in [-0.05, 0) is 31.7 Å². The maximum absolute atomic E-state index is 12.2. The maximum Gasteiger partial charge on any atom is 0.191 e. The Morgan fingerprint density at radius 1 is 1.19 bits per heavy atom. The van der Waals surface area contributed by atoms with Crippen molar-refractivity contribution < 1.29 is 8.95 Å². The smallest absolute Gasteiger partial charge is 0.191 e. The van der Waals surface area contributed by atoms with Crippen molar-refractivity contribution in [2.75, 3.05) is 32.0 Å². The summed E-state index contributed by atoms with van der Waals surface area (Å²) >= 11 is 0. The van der Waals surface area contributed by atoms with Crippen molar-refractivity contribution in [3.8, 4) is 0 Å². The summed E-state index contributed by atoms with van der Waals surface area (Å²) in [6, 6.07) is 9.99. The molecule has 1 aliphatic rings. The van der Waals surface area contributed by atoms with Gasteiger partial charge in [-0.15, -0.1) is 0 Å². The van der Waals surface area contributed by atoms with Crippen LogP contribution in [0.5, 0.6) is 0 Å². The molecule has 1 aromatic rings. The minimum Gasteiger partial charge on any atom is -0.378 e. The summed E-state index contributed by atoms with van der Waals surface area (Å²) in [6.45, 7) is 5.06. The van der Waals surface area contributed by atoms with Gasteiger partial charge in [0.05, 0.1) is 6.10 Å². The van der Waals surface area contributed by atoms with Crippen molar-refractivity contribution in [3.63, 3.8) is 0 Å². The number of nitrogens with zero attached hydrogens (tertiary/aromatic N) is 1. The Labute approximate surface area is 166 Å². The lowest BCUT2D eigenvalue weighted by atomic mass is 9.98. The van der Waals surface area contributed by atoms with Crippen molar-refractivity contribution in [1.82, 2.24) is 10.6 Å². The molecule has 6 heteroatoms. The maximum atomic E-state index is 12.2. The molecule has 27 heavy (non-hydrogen) atoms. The van der Waals surface area contributed by atoms with Crippen LogP contribution in [0.4, 0.5) is 0 Å². The van der Waals surface area contributed by atoms with Gasteiger partial charge in [0.1, 0.15) is 0 Å². The number of hydrogen-bond acceptors (Lipinski definition) is 3. The zero-order chi connectivity index (χ0) is 19.2. The average molecular weight is 394 g/mol. The first-order valence-electron chi connectivity index (χ1n) is 10.3. The molecule has 0 saturated heterocycles. The van der Waals surface area contributed by atoms with Gasteiger partial charge in [0.15, 0.2) is 5.96 Å². The molecule has 1 unspecified atom stereocenters. The first-order chi connectivity index (χ1) is 13.3. The number of aliphatic imine (C=N–C) groups is 1. The monoisotopic (exact) mass is 393 g/mol. The largest absolute Gasteiger partial charge is 0.378 e. The summed E-state index contributed by atoms with van der Waals surface area (Å²) in [4.78, 5) is 4.59. The molecule has 1 aliphatic carbocycles. The quantitative estimate of drug-likeness (QED) is 0.344. The summed E-state index contributed by atoms with van der Waals surface area (Å²) < 4.78 is 18.1. The second-order valence-corrected chi connectivity index (χ2v) is 8.52. The molecule has 0 bridgehead atoms. The van der Waals surface area contributed by atoms with E-state index in [0.717, 1.165) is 37.6 Å². The van der Waals surface area contributed by atoms with E-state index in [2.05, 4.69) is 22.5 Å². The number of rotatable bonds is 11. The molecule has 2 N–H and O–H groups in total. The lowest BCUT2D eigenvalue weighted by Gasteiger charge is -2.21. The number of ether oxygens (including phenoxy) is 1. The van der Waals surface area contributed by atoms with Gasteiger partial charge in [-0.3, -0.25) is 9.20 Å². The van der Waals surface area contributed by atoms with Crippen LogP contribution in [0.2, 0.25) is 0 Å². The molecule has 2 rings (SSSR count). The van der Waals surface area contributed by atoms with E-state index in [4.69, 9.17) is 4.74 Å². The minimum absolute atomic E-state index is 0.466. The summed E-state index contributed by atoms with van der Waals surface area (Å²) in [5.74, 6) is 2.02. The fourth-order valence-electron chi connectivity index (χ4n) is 3.19. The molecule has 152 valence electrons. The molecular weight excluding hydrogens is 358 g/mol. The molecule has 1 fully saturated rings. The summed E-state index contributed by atoms with van der Waals surface area (Å²) in [6.07, 6.45) is 7.81. The van der Waals surface area contributed by atoms with Gasteiger partial charge >= 0.3 is 0 Å². The number of guanidine groups is 1. The Bertz CT molecular complexity index is 560. The van der Waals surface area contributed by atoms with Crippen LogP contribution in [0, 0.1) is 0 Å². The third-order valence-corrected chi connectivity index (χ3v) is 5.93. The zero-order valence-electron chi connectivity index (χ0n) is 16.6. The van der Waals surface area contributed by atoms with Crippen LogP contribution < -0.4 is 10.6 Å². The van der Waals surface area contributed by atoms with Crippen LogP contribution in [0.25, 0.3) is 0 Å². The van der Waals surface area contributed by atoms with Gasteiger partial charge in [0.2, 0.25) is 0 Å². The number of benzene rings is 1. The van der Waals surface area contributed by atoms with Gasteiger partial charge in [-0.1, -0.05) is 49.6 Å². The van der Waals surface area contributed by atoms with Crippen molar-refractivity contribution in [2.24, 2.45) is 4.99 Å². The lowest BCUT2D eigenvalue weighted by molar-refractivity contribution is 0.0281. The second-order valence-electron chi connectivity index (χ2n) is 6.95. The predicted molar refractivity (Wildman–Crippen MR) is 115 cm³/mol. The van der Waals surface area contributed by atoms with E-state index in [1.54, 1.807) is 0 Å². The molecule has 0 radical (unpaired) electrons. The van der Waals surface area contributed by atoms with Gasteiger partial charge in [-0.2, -0.15) is 0 Å². The van der Waals surface area contributed by atoms with Crippen LogP contribution >= 0.6 is 0 Å². The number of nitrogens with one attached hydrogen (secondary N) is 2. The minimum atomic E-state index is -0.868. The van der Waals surface area contributed by atoms with Crippen molar-refractivity contribution >= 4 is 16.8 Å². The zero-order valence-corrected chi connectivity index (χ0v) is 17.4. The van der Waals surface area contributed by atoms with Gasteiger partial charge in [-0.25, -0.2) is 0 Å². The molecule has 0 amide bonds. The molecular formula is C21H35N3O2S. The molecule has 1 atom stereocenters. The van der Waals surface area contributed by atoms with Crippen molar-refractivity contribution in [2.45, 2.75) is 57.3 Å². The van der Waals surface area contributed by atoms with E-state index in [9.17, 15) is 4.21 Å². The van der Waals surface area contributed by atoms with E-state index >= 15 is 0 Å². The van der Waals surface area contributed by atoms with E-state index in [1.807, 2.05) is 30.3 Å². The first-order valence-corrected chi connectivity index (χ1v) is 11.8. The van der Waals surface area contributed by atoms with Crippen LogP contribution in [0.3, 0.4) is 0 Å². The molecule has 5 nitrogen and oxygen atoms in total. The van der Waals surface area contributed by atoms with Crippen LogP contribution in [-0.2, 0) is 21.3 Å². The highest BCUT2D eigenvalue weighted by Gasteiger charge is 2.12. The topological polar surface area (TPSA) is 62.7 Å². The molecule has 0 spiro atoms. The highest BCUT2D eigenvalue weighted by Crippen LogP contribution is 2.20. The second kappa shape index (κ2) is 13.7. The van der Waals surface area contributed by atoms with E-state index in [0.29, 0.717) is 24.2 Å². The molecule has 0 heterocycles. The van der Waals surface area contributed by atoms with Crippen LogP contribution in [-0.4, -0.2) is 48.3 Å². The van der Waals surface area contributed by atoms with Crippen molar-refractivity contribution in [3.05, 3.63) is 35.9 Å². The van der Waals surface area contributed by atoms with E-state index in [1.165, 1.54) is 32.1 Å². The summed E-state index contributed by atoms with van der Waals surface area (Å²) in [7, 11) is -0.868. The lowest BCUT2D eigenvalue weighted by Crippen LogP contribution is -2.39. The summed E-state index contributed by atoms with van der Waals surface area (Å²) in [5.41, 5.74) is 1.12. The third-order valence-electron chi connectivity index (χ3n) is 4.62. The van der Waals surface area contributed by atoms with Gasteiger partial charge in [0.25, 0.3) is 0 Å².